The molecular weight excluding hydrogens is 380 g/mol. The minimum atomic E-state index is -0.603. The molecule has 1 aromatic rings. The van der Waals surface area contributed by atoms with Crippen LogP contribution < -0.4 is 0 Å². The fourth-order valence-corrected chi connectivity index (χ4v) is 5.89. The van der Waals surface area contributed by atoms with Crippen LogP contribution in [0.5, 0.6) is 0 Å². The van der Waals surface area contributed by atoms with Crippen LogP contribution in [0.15, 0.2) is 18.2 Å². The topological polar surface area (TPSA) is 67.7 Å². The standard InChI is InChI=1S/C23H32N4O3/c1-5-16(6-2)10-26-13-23-8-7-18(30-23)19(20(23)22(26)29)21(28)25-11-17(12-25)27-15(4)9-14(3)24-27/h7-9,16-20H,5-6,10-13H2,1-4H3/t18-,19-,20-,23-/m0/s1. The Bertz CT molecular complexity index is 898. The average Bonchev–Trinajstić information content (AvgIpc) is 3.39. The van der Waals surface area contributed by atoms with Gasteiger partial charge in [-0.2, -0.15) is 5.10 Å². The van der Waals surface area contributed by atoms with E-state index in [1.54, 1.807) is 0 Å². The van der Waals surface area contributed by atoms with Gasteiger partial charge in [0, 0.05) is 25.3 Å². The highest BCUT2D eigenvalue weighted by molar-refractivity contribution is 5.93. The molecule has 7 nitrogen and oxygen atoms in total. The van der Waals surface area contributed by atoms with E-state index in [1.807, 2.05) is 33.6 Å². The molecule has 30 heavy (non-hydrogen) atoms. The number of ether oxygens (including phenoxy) is 1. The highest BCUT2D eigenvalue weighted by atomic mass is 16.5. The molecule has 0 unspecified atom stereocenters. The largest absolute Gasteiger partial charge is 0.360 e. The molecule has 5 heterocycles. The molecule has 2 amide bonds. The van der Waals surface area contributed by atoms with Crippen LogP contribution in [0, 0.1) is 31.6 Å². The number of aryl methyl sites for hydroxylation is 2. The third-order valence-corrected chi connectivity index (χ3v) is 7.66. The zero-order chi connectivity index (χ0) is 21.2. The maximum atomic E-state index is 13.4. The van der Waals surface area contributed by atoms with Gasteiger partial charge in [-0.3, -0.25) is 14.3 Å². The number of likely N-dealkylation sites (tertiary alicyclic amines) is 2. The zero-order valence-electron chi connectivity index (χ0n) is 18.4. The van der Waals surface area contributed by atoms with Crippen molar-refractivity contribution < 1.29 is 14.3 Å². The highest BCUT2D eigenvalue weighted by Gasteiger charge is 2.67. The van der Waals surface area contributed by atoms with Crippen LogP contribution in [-0.2, 0) is 14.3 Å². The van der Waals surface area contributed by atoms with E-state index in [0.717, 1.165) is 30.8 Å². The Labute approximate surface area is 178 Å². The van der Waals surface area contributed by atoms with Crippen LogP contribution in [-0.4, -0.2) is 69.3 Å². The van der Waals surface area contributed by atoms with Gasteiger partial charge >= 0.3 is 0 Å². The number of hydrogen-bond donors (Lipinski definition) is 0. The molecule has 0 aliphatic carbocycles. The third-order valence-electron chi connectivity index (χ3n) is 7.66. The molecule has 0 saturated carbocycles. The van der Waals surface area contributed by atoms with E-state index in [-0.39, 0.29) is 29.9 Å². The first-order valence-corrected chi connectivity index (χ1v) is 11.3. The molecular formula is C23H32N4O3. The molecule has 5 rings (SSSR count). The minimum Gasteiger partial charge on any atom is -0.360 e. The number of fused-ring (bicyclic) bond motifs is 1. The number of amides is 2. The van der Waals surface area contributed by atoms with Crippen molar-refractivity contribution in [3.05, 3.63) is 29.6 Å². The van der Waals surface area contributed by atoms with E-state index >= 15 is 0 Å². The maximum Gasteiger partial charge on any atom is 0.230 e. The van der Waals surface area contributed by atoms with E-state index in [0.29, 0.717) is 25.6 Å². The Morgan fingerprint density at radius 3 is 2.67 bits per heavy atom. The molecule has 162 valence electrons. The van der Waals surface area contributed by atoms with Crippen molar-refractivity contribution >= 4 is 11.8 Å². The summed E-state index contributed by atoms with van der Waals surface area (Å²) in [6.07, 6.45) is 5.90. The second-order valence-corrected chi connectivity index (χ2v) is 9.57. The zero-order valence-corrected chi connectivity index (χ0v) is 18.4. The Kier molecular flexibility index (Phi) is 4.58. The van der Waals surface area contributed by atoms with Gasteiger partial charge in [-0.15, -0.1) is 0 Å². The fourth-order valence-electron chi connectivity index (χ4n) is 5.89. The molecule has 0 radical (unpaired) electrons. The number of carbonyl (C=O) groups excluding carboxylic acids is 2. The van der Waals surface area contributed by atoms with Gasteiger partial charge < -0.3 is 14.5 Å². The number of aromatic nitrogens is 2. The predicted octanol–water partition coefficient (Wildman–Crippen LogP) is 2.10. The second kappa shape index (κ2) is 6.94. The number of hydrogen-bond acceptors (Lipinski definition) is 4. The summed E-state index contributed by atoms with van der Waals surface area (Å²) >= 11 is 0. The second-order valence-electron chi connectivity index (χ2n) is 9.57. The first kappa shape index (κ1) is 19.8. The van der Waals surface area contributed by atoms with Crippen molar-refractivity contribution in [3.8, 4) is 0 Å². The van der Waals surface area contributed by atoms with Gasteiger partial charge in [-0.1, -0.05) is 38.8 Å². The third kappa shape index (κ3) is 2.77. The molecule has 3 fully saturated rings. The quantitative estimate of drug-likeness (QED) is 0.671. The Morgan fingerprint density at radius 1 is 1.30 bits per heavy atom. The molecule has 3 saturated heterocycles. The number of carbonyl (C=O) groups is 2. The predicted molar refractivity (Wildman–Crippen MR) is 112 cm³/mol. The van der Waals surface area contributed by atoms with Crippen LogP contribution in [0.25, 0.3) is 0 Å². The van der Waals surface area contributed by atoms with E-state index < -0.39 is 11.5 Å². The van der Waals surface area contributed by atoms with Gasteiger partial charge in [0.2, 0.25) is 11.8 Å². The van der Waals surface area contributed by atoms with E-state index in [4.69, 9.17) is 4.74 Å². The van der Waals surface area contributed by atoms with Gasteiger partial charge in [0.25, 0.3) is 0 Å². The maximum absolute atomic E-state index is 13.4. The monoisotopic (exact) mass is 412 g/mol. The molecule has 2 bridgehead atoms. The lowest BCUT2D eigenvalue weighted by molar-refractivity contribution is -0.148. The summed E-state index contributed by atoms with van der Waals surface area (Å²) in [7, 11) is 0. The van der Waals surface area contributed by atoms with Crippen molar-refractivity contribution in [2.75, 3.05) is 26.2 Å². The highest BCUT2D eigenvalue weighted by Crippen LogP contribution is 2.52. The molecule has 4 atom stereocenters. The summed E-state index contributed by atoms with van der Waals surface area (Å²) in [6.45, 7) is 11.0. The lowest BCUT2D eigenvalue weighted by Crippen LogP contribution is -2.56. The number of nitrogens with zero attached hydrogens (tertiary/aromatic N) is 4. The van der Waals surface area contributed by atoms with Gasteiger partial charge in [-0.05, 0) is 25.8 Å². The molecule has 4 aliphatic rings. The van der Waals surface area contributed by atoms with E-state index in [1.165, 1.54) is 0 Å². The van der Waals surface area contributed by atoms with Crippen molar-refractivity contribution in [3.63, 3.8) is 0 Å². The van der Waals surface area contributed by atoms with Crippen LogP contribution >= 0.6 is 0 Å². The smallest absolute Gasteiger partial charge is 0.230 e. The van der Waals surface area contributed by atoms with Crippen LogP contribution in [0.1, 0.15) is 44.1 Å². The van der Waals surface area contributed by atoms with Crippen LogP contribution in [0.2, 0.25) is 0 Å². The molecule has 1 aromatic heterocycles. The molecule has 0 aromatic carbocycles. The summed E-state index contributed by atoms with van der Waals surface area (Å²) in [6, 6.07) is 2.28. The van der Waals surface area contributed by atoms with Gasteiger partial charge in [0.1, 0.15) is 5.60 Å². The Hall–Kier alpha value is -2.15. The summed E-state index contributed by atoms with van der Waals surface area (Å²) < 4.78 is 8.30. The molecule has 7 heteroatoms. The summed E-state index contributed by atoms with van der Waals surface area (Å²) in [5, 5.41) is 4.56. The van der Waals surface area contributed by atoms with E-state index in [9.17, 15) is 9.59 Å². The molecule has 1 spiro atoms. The lowest BCUT2D eigenvalue weighted by Gasteiger charge is -2.42. The SMILES string of the molecule is CCC(CC)CN1C[C@]23C=C[C@H](O2)[C@H](C(=O)N2CC(n4nc(C)cc4C)C2)[C@H]3C1=O. The summed E-state index contributed by atoms with van der Waals surface area (Å²) in [5.74, 6) is -0.108. The lowest BCUT2D eigenvalue weighted by atomic mass is 9.76. The first-order chi connectivity index (χ1) is 14.4. The van der Waals surface area contributed by atoms with Crippen molar-refractivity contribution in [2.24, 2.45) is 17.8 Å². The van der Waals surface area contributed by atoms with Gasteiger partial charge in [-0.25, -0.2) is 0 Å². The first-order valence-electron chi connectivity index (χ1n) is 11.3. The average molecular weight is 413 g/mol. The molecule has 4 aliphatic heterocycles. The van der Waals surface area contributed by atoms with Gasteiger partial charge in [0.15, 0.2) is 0 Å². The Balaban J connectivity index is 1.30. The number of rotatable bonds is 6. The van der Waals surface area contributed by atoms with Gasteiger partial charge in [0.05, 0.1) is 36.2 Å². The fraction of sp³-hybridized carbons (Fsp3) is 0.696. The van der Waals surface area contributed by atoms with Crippen molar-refractivity contribution in [2.45, 2.75) is 58.3 Å². The van der Waals surface area contributed by atoms with E-state index in [2.05, 4.69) is 31.9 Å². The van der Waals surface area contributed by atoms with Crippen LogP contribution in [0.3, 0.4) is 0 Å². The van der Waals surface area contributed by atoms with Crippen LogP contribution in [0.4, 0.5) is 0 Å². The summed E-state index contributed by atoms with van der Waals surface area (Å²) in [5.41, 5.74) is 1.52. The molecule has 0 N–H and O–H groups in total. The Morgan fingerprint density at radius 2 is 2.03 bits per heavy atom. The van der Waals surface area contributed by atoms with Crippen molar-refractivity contribution in [1.82, 2.24) is 19.6 Å². The normalized spacial score (nSPS) is 32.4. The summed E-state index contributed by atoms with van der Waals surface area (Å²) in [4.78, 5) is 30.6. The minimum absolute atomic E-state index is 0.0618. The van der Waals surface area contributed by atoms with Crippen molar-refractivity contribution in [1.29, 1.82) is 0 Å².